The Morgan fingerprint density at radius 3 is 2.46 bits per heavy atom. The first-order valence-corrected chi connectivity index (χ1v) is 10.5. The lowest BCUT2D eigenvalue weighted by atomic mass is 10.1. The minimum atomic E-state index is 0.0898. The molecular weight excluding hydrogens is 364 g/mol. The molecule has 0 bridgehead atoms. The van der Waals surface area contributed by atoms with Crippen LogP contribution in [0.3, 0.4) is 0 Å². The van der Waals surface area contributed by atoms with Crippen LogP contribution < -0.4 is 10.2 Å². The average Bonchev–Trinajstić information content (AvgIpc) is 2.84. The zero-order valence-electron chi connectivity index (χ0n) is 16.0. The molecule has 28 heavy (non-hydrogen) atoms. The van der Waals surface area contributed by atoms with Gasteiger partial charge in [0, 0.05) is 22.9 Å². The Morgan fingerprint density at radius 1 is 0.893 bits per heavy atom. The zero-order chi connectivity index (χ0) is 19.3. The van der Waals surface area contributed by atoms with Crippen molar-refractivity contribution in [2.75, 3.05) is 18.0 Å². The van der Waals surface area contributed by atoms with Gasteiger partial charge in [-0.05, 0) is 55.3 Å². The van der Waals surface area contributed by atoms with Gasteiger partial charge in [0.15, 0.2) is 0 Å². The SMILES string of the molecule is Cc1ccccc1CNCCCN1C(=O)c2ccccc2Sc2ccccc21. The molecule has 1 aliphatic heterocycles. The molecule has 0 atom stereocenters. The summed E-state index contributed by atoms with van der Waals surface area (Å²) in [5, 5.41) is 3.51. The van der Waals surface area contributed by atoms with Crippen molar-refractivity contribution in [1.82, 2.24) is 5.32 Å². The summed E-state index contributed by atoms with van der Waals surface area (Å²) in [6.07, 6.45) is 0.902. The number of nitrogens with one attached hydrogen (secondary N) is 1. The number of hydrogen-bond donors (Lipinski definition) is 1. The second-order valence-electron chi connectivity index (χ2n) is 6.98. The maximum atomic E-state index is 13.2. The molecule has 0 saturated carbocycles. The second-order valence-corrected chi connectivity index (χ2v) is 8.06. The molecule has 1 heterocycles. The summed E-state index contributed by atoms with van der Waals surface area (Å²) in [6, 6.07) is 24.5. The van der Waals surface area contributed by atoms with Gasteiger partial charge in [-0.3, -0.25) is 4.79 Å². The largest absolute Gasteiger partial charge is 0.313 e. The van der Waals surface area contributed by atoms with Crippen molar-refractivity contribution in [2.24, 2.45) is 0 Å². The minimum absolute atomic E-state index is 0.0898. The van der Waals surface area contributed by atoms with E-state index in [4.69, 9.17) is 0 Å². The molecule has 142 valence electrons. The van der Waals surface area contributed by atoms with E-state index in [1.165, 1.54) is 11.1 Å². The summed E-state index contributed by atoms with van der Waals surface area (Å²) in [7, 11) is 0. The fourth-order valence-corrected chi connectivity index (χ4v) is 4.57. The van der Waals surface area contributed by atoms with Crippen molar-refractivity contribution >= 4 is 23.4 Å². The first kappa shape index (κ1) is 18.8. The summed E-state index contributed by atoms with van der Waals surface area (Å²) in [5.74, 6) is 0.0898. The number of nitrogens with zero attached hydrogens (tertiary/aromatic N) is 1. The van der Waals surface area contributed by atoms with Gasteiger partial charge < -0.3 is 10.2 Å². The number of carbonyl (C=O) groups excluding carboxylic acids is 1. The molecule has 1 aliphatic rings. The third-order valence-corrected chi connectivity index (χ3v) is 6.19. The first-order valence-electron chi connectivity index (χ1n) is 9.67. The van der Waals surface area contributed by atoms with Gasteiger partial charge >= 0.3 is 0 Å². The van der Waals surface area contributed by atoms with Gasteiger partial charge in [-0.15, -0.1) is 0 Å². The highest BCUT2D eigenvalue weighted by atomic mass is 32.2. The van der Waals surface area contributed by atoms with E-state index in [1.54, 1.807) is 11.8 Å². The molecule has 0 saturated heterocycles. The number of benzene rings is 3. The Kier molecular flexibility index (Phi) is 5.79. The predicted molar refractivity (Wildman–Crippen MR) is 116 cm³/mol. The van der Waals surface area contributed by atoms with Gasteiger partial charge in [0.25, 0.3) is 5.91 Å². The monoisotopic (exact) mass is 388 g/mol. The maximum Gasteiger partial charge on any atom is 0.259 e. The highest BCUT2D eigenvalue weighted by Crippen LogP contribution is 2.41. The summed E-state index contributed by atoms with van der Waals surface area (Å²) >= 11 is 1.68. The fourth-order valence-electron chi connectivity index (χ4n) is 3.49. The number of rotatable bonds is 6. The molecule has 0 spiro atoms. The van der Waals surface area contributed by atoms with E-state index in [-0.39, 0.29) is 5.91 Å². The van der Waals surface area contributed by atoms with E-state index in [0.29, 0.717) is 6.54 Å². The molecule has 3 aromatic rings. The van der Waals surface area contributed by atoms with Gasteiger partial charge in [0.05, 0.1) is 11.3 Å². The van der Waals surface area contributed by atoms with Crippen molar-refractivity contribution in [3.05, 3.63) is 89.5 Å². The van der Waals surface area contributed by atoms with Crippen LogP contribution in [-0.4, -0.2) is 19.0 Å². The molecule has 0 unspecified atom stereocenters. The lowest BCUT2D eigenvalue weighted by Gasteiger charge is -2.23. The normalized spacial score (nSPS) is 13.0. The molecule has 3 aromatic carbocycles. The van der Waals surface area contributed by atoms with E-state index in [9.17, 15) is 4.79 Å². The zero-order valence-corrected chi connectivity index (χ0v) is 16.8. The van der Waals surface area contributed by atoms with Crippen molar-refractivity contribution in [2.45, 2.75) is 29.7 Å². The first-order chi connectivity index (χ1) is 13.7. The van der Waals surface area contributed by atoms with Gasteiger partial charge in [-0.1, -0.05) is 60.3 Å². The van der Waals surface area contributed by atoms with E-state index in [2.05, 4.69) is 42.6 Å². The van der Waals surface area contributed by atoms with Crippen LogP contribution in [0.15, 0.2) is 82.6 Å². The van der Waals surface area contributed by atoms with Crippen LogP contribution in [0.25, 0.3) is 0 Å². The van der Waals surface area contributed by atoms with Crippen LogP contribution in [0.5, 0.6) is 0 Å². The standard InChI is InChI=1S/C24H24N2OS/c1-18-9-2-3-10-19(18)17-25-15-8-16-26-21-12-5-7-14-23(21)28-22-13-6-4-11-20(22)24(26)27/h2-7,9-14,25H,8,15-17H2,1H3. The second kappa shape index (κ2) is 8.63. The highest BCUT2D eigenvalue weighted by Gasteiger charge is 2.26. The van der Waals surface area contributed by atoms with Gasteiger partial charge in [-0.25, -0.2) is 0 Å². The minimum Gasteiger partial charge on any atom is -0.313 e. The number of para-hydroxylation sites is 1. The van der Waals surface area contributed by atoms with E-state index >= 15 is 0 Å². The fraction of sp³-hybridized carbons (Fsp3) is 0.208. The van der Waals surface area contributed by atoms with Crippen LogP contribution in [0.2, 0.25) is 0 Å². The summed E-state index contributed by atoms with van der Waals surface area (Å²) < 4.78 is 0. The molecule has 1 N–H and O–H groups in total. The quantitative estimate of drug-likeness (QED) is 0.583. The topological polar surface area (TPSA) is 32.3 Å². The molecule has 0 aliphatic carbocycles. The van der Waals surface area contributed by atoms with E-state index < -0.39 is 0 Å². The molecule has 0 aromatic heterocycles. The van der Waals surface area contributed by atoms with Gasteiger partial charge in [0.2, 0.25) is 0 Å². The van der Waals surface area contributed by atoms with Crippen molar-refractivity contribution in [3.8, 4) is 0 Å². The van der Waals surface area contributed by atoms with Gasteiger partial charge in [0.1, 0.15) is 0 Å². The summed E-state index contributed by atoms with van der Waals surface area (Å²) in [5.41, 5.74) is 4.42. The third kappa shape index (κ3) is 3.98. The average molecular weight is 389 g/mol. The number of anilines is 1. The smallest absolute Gasteiger partial charge is 0.259 e. The molecule has 1 amide bonds. The number of amides is 1. The Labute approximate surface area is 170 Å². The molecule has 0 radical (unpaired) electrons. The molecule has 0 fully saturated rings. The Morgan fingerprint density at radius 2 is 1.61 bits per heavy atom. The maximum absolute atomic E-state index is 13.2. The Balaban J connectivity index is 1.44. The highest BCUT2D eigenvalue weighted by molar-refractivity contribution is 7.99. The van der Waals surface area contributed by atoms with Crippen LogP contribution in [0, 0.1) is 6.92 Å². The summed E-state index contributed by atoms with van der Waals surface area (Å²) in [6.45, 7) is 4.56. The van der Waals surface area contributed by atoms with Crippen molar-refractivity contribution in [1.29, 1.82) is 0 Å². The third-order valence-electron chi connectivity index (χ3n) is 5.05. The number of carbonyl (C=O) groups is 1. The van der Waals surface area contributed by atoms with E-state index in [0.717, 1.165) is 40.6 Å². The van der Waals surface area contributed by atoms with Gasteiger partial charge in [-0.2, -0.15) is 0 Å². The number of hydrogen-bond acceptors (Lipinski definition) is 3. The van der Waals surface area contributed by atoms with E-state index in [1.807, 2.05) is 47.4 Å². The van der Waals surface area contributed by atoms with Crippen LogP contribution >= 0.6 is 11.8 Å². The number of fused-ring (bicyclic) bond motifs is 2. The van der Waals surface area contributed by atoms with Crippen LogP contribution in [0.4, 0.5) is 5.69 Å². The molecule has 4 heteroatoms. The van der Waals surface area contributed by atoms with Crippen LogP contribution in [0.1, 0.15) is 27.9 Å². The Hall–Kier alpha value is -2.56. The molecule has 3 nitrogen and oxygen atoms in total. The van der Waals surface area contributed by atoms with Crippen LogP contribution in [-0.2, 0) is 6.54 Å². The predicted octanol–water partition coefficient (Wildman–Crippen LogP) is 5.29. The molecule has 4 rings (SSSR count). The summed E-state index contributed by atoms with van der Waals surface area (Å²) in [4.78, 5) is 17.3. The van der Waals surface area contributed by atoms with Crippen molar-refractivity contribution in [3.63, 3.8) is 0 Å². The molecular formula is C24H24N2OS. The lowest BCUT2D eigenvalue weighted by Crippen LogP contribution is -2.33. The van der Waals surface area contributed by atoms with Crippen molar-refractivity contribution < 1.29 is 4.79 Å². The Bertz CT molecular complexity index is 986. The number of aryl methyl sites for hydroxylation is 1. The lowest BCUT2D eigenvalue weighted by molar-refractivity contribution is 0.0984.